The van der Waals surface area contributed by atoms with Crippen LogP contribution in [0, 0.1) is 19.7 Å². The number of hydrogen-bond acceptors (Lipinski definition) is 2. The molecule has 0 aromatic heterocycles. The molecule has 2 aromatic rings. The van der Waals surface area contributed by atoms with Crippen LogP contribution >= 0.6 is 0 Å². The molecule has 2 aromatic carbocycles. The van der Waals surface area contributed by atoms with Crippen molar-refractivity contribution in [3.63, 3.8) is 0 Å². The van der Waals surface area contributed by atoms with Gasteiger partial charge in [-0.2, -0.15) is 0 Å². The van der Waals surface area contributed by atoms with Crippen molar-refractivity contribution in [2.75, 3.05) is 0 Å². The van der Waals surface area contributed by atoms with E-state index in [1.165, 1.54) is 11.6 Å². The topological polar surface area (TPSA) is 38.0 Å². The maximum absolute atomic E-state index is 13.9. The molecular weight excluding hydrogens is 239 g/mol. The lowest BCUT2D eigenvalue weighted by atomic mass is 9.97. The molecule has 0 heterocycles. The highest BCUT2D eigenvalue weighted by Gasteiger charge is 2.15. The minimum atomic E-state index is -0.222. The lowest BCUT2D eigenvalue weighted by Gasteiger charge is -2.18. The summed E-state index contributed by atoms with van der Waals surface area (Å²) in [5, 5.41) is 0. The minimum Gasteiger partial charge on any atom is -0.271 e. The first-order valence-electron chi connectivity index (χ1n) is 6.38. The molecule has 0 bridgehead atoms. The highest BCUT2D eigenvalue weighted by molar-refractivity contribution is 5.29. The Bertz CT molecular complexity index is 549. The second-order valence-electron chi connectivity index (χ2n) is 4.93. The van der Waals surface area contributed by atoms with E-state index in [0.29, 0.717) is 12.0 Å². The SMILES string of the molecule is Cc1ccc(CC(NN)c2cc(C)ccc2F)cc1. The largest absolute Gasteiger partial charge is 0.271 e. The molecule has 0 aliphatic heterocycles. The van der Waals surface area contributed by atoms with E-state index in [-0.39, 0.29) is 11.9 Å². The smallest absolute Gasteiger partial charge is 0.128 e. The van der Waals surface area contributed by atoms with Gasteiger partial charge in [-0.1, -0.05) is 47.5 Å². The van der Waals surface area contributed by atoms with E-state index in [2.05, 4.69) is 17.6 Å². The molecule has 0 amide bonds. The van der Waals surface area contributed by atoms with Crippen LogP contribution in [0.3, 0.4) is 0 Å². The molecule has 2 rings (SSSR count). The highest BCUT2D eigenvalue weighted by Crippen LogP contribution is 2.22. The summed E-state index contributed by atoms with van der Waals surface area (Å²) >= 11 is 0. The fourth-order valence-corrected chi connectivity index (χ4v) is 2.15. The summed E-state index contributed by atoms with van der Waals surface area (Å²) < 4.78 is 13.9. The zero-order valence-corrected chi connectivity index (χ0v) is 11.3. The van der Waals surface area contributed by atoms with Crippen molar-refractivity contribution in [3.8, 4) is 0 Å². The number of rotatable bonds is 4. The average Bonchev–Trinajstić information content (AvgIpc) is 2.41. The average molecular weight is 258 g/mol. The van der Waals surface area contributed by atoms with Gasteiger partial charge in [0.25, 0.3) is 0 Å². The van der Waals surface area contributed by atoms with Gasteiger partial charge in [0.05, 0.1) is 6.04 Å². The van der Waals surface area contributed by atoms with E-state index in [1.54, 1.807) is 6.07 Å². The van der Waals surface area contributed by atoms with Crippen LogP contribution in [0.5, 0.6) is 0 Å². The van der Waals surface area contributed by atoms with E-state index in [9.17, 15) is 4.39 Å². The summed E-state index contributed by atoms with van der Waals surface area (Å²) in [5.41, 5.74) is 6.70. The van der Waals surface area contributed by atoms with E-state index < -0.39 is 0 Å². The third-order valence-corrected chi connectivity index (χ3v) is 3.29. The zero-order valence-electron chi connectivity index (χ0n) is 11.3. The summed E-state index contributed by atoms with van der Waals surface area (Å²) in [7, 11) is 0. The lowest BCUT2D eigenvalue weighted by molar-refractivity contribution is 0.510. The fraction of sp³-hybridized carbons (Fsp3) is 0.250. The number of hydrogen-bond donors (Lipinski definition) is 2. The van der Waals surface area contributed by atoms with Gasteiger partial charge >= 0.3 is 0 Å². The lowest BCUT2D eigenvalue weighted by Crippen LogP contribution is -2.30. The number of nitrogens with one attached hydrogen (secondary N) is 1. The van der Waals surface area contributed by atoms with Gasteiger partial charge < -0.3 is 0 Å². The molecule has 0 aliphatic carbocycles. The number of halogens is 1. The van der Waals surface area contributed by atoms with Gasteiger partial charge in [0, 0.05) is 5.56 Å². The van der Waals surface area contributed by atoms with E-state index >= 15 is 0 Å². The van der Waals surface area contributed by atoms with Gasteiger partial charge in [-0.15, -0.1) is 0 Å². The van der Waals surface area contributed by atoms with Crippen molar-refractivity contribution < 1.29 is 4.39 Å². The van der Waals surface area contributed by atoms with Crippen LogP contribution in [0.15, 0.2) is 42.5 Å². The molecule has 19 heavy (non-hydrogen) atoms. The van der Waals surface area contributed by atoms with Gasteiger partial charge in [-0.3, -0.25) is 11.3 Å². The number of benzene rings is 2. The predicted octanol–water partition coefficient (Wildman–Crippen LogP) is 3.19. The molecule has 2 nitrogen and oxygen atoms in total. The number of nitrogens with two attached hydrogens (primary N) is 1. The van der Waals surface area contributed by atoms with Gasteiger partial charge in [0.2, 0.25) is 0 Å². The van der Waals surface area contributed by atoms with Crippen molar-refractivity contribution in [2.45, 2.75) is 26.3 Å². The summed E-state index contributed by atoms with van der Waals surface area (Å²) in [6.07, 6.45) is 0.664. The summed E-state index contributed by atoms with van der Waals surface area (Å²) in [5.74, 6) is 5.36. The molecule has 0 spiro atoms. The molecule has 3 heteroatoms. The third-order valence-electron chi connectivity index (χ3n) is 3.29. The second-order valence-corrected chi connectivity index (χ2v) is 4.93. The molecule has 0 fully saturated rings. The standard InChI is InChI=1S/C16H19FN2/c1-11-3-6-13(7-4-11)10-16(19-18)14-9-12(2)5-8-15(14)17/h3-9,16,19H,10,18H2,1-2H3. The van der Waals surface area contributed by atoms with Gasteiger partial charge in [-0.25, -0.2) is 4.39 Å². The molecule has 0 saturated carbocycles. The maximum Gasteiger partial charge on any atom is 0.128 e. The van der Waals surface area contributed by atoms with Crippen LogP contribution in [0.2, 0.25) is 0 Å². The number of aryl methyl sites for hydroxylation is 2. The van der Waals surface area contributed by atoms with Crippen molar-refractivity contribution in [1.29, 1.82) is 0 Å². The maximum atomic E-state index is 13.9. The van der Waals surface area contributed by atoms with E-state index in [4.69, 9.17) is 5.84 Å². The Morgan fingerprint density at radius 1 is 1.05 bits per heavy atom. The Hall–Kier alpha value is -1.71. The highest BCUT2D eigenvalue weighted by atomic mass is 19.1. The van der Waals surface area contributed by atoms with Crippen molar-refractivity contribution in [3.05, 3.63) is 70.5 Å². The normalized spacial score (nSPS) is 12.4. The van der Waals surface area contributed by atoms with E-state index in [0.717, 1.165) is 11.1 Å². The molecule has 0 aliphatic rings. The molecule has 100 valence electrons. The second kappa shape index (κ2) is 5.95. The Labute approximate surface area is 113 Å². The zero-order chi connectivity index (χ0) is 13.8. The Kier molecular flexibility index (Phi) is 4.30. The monoisotopic (exact) mass is 258 g/mol. The van der Waals surface area contributed by atoms with Crippen LogP contribution in [0.4, 0.5) is 4.39 Å². The summed E-state index contributed by atoms with van der Waals surface area (Å²) in [4.78, 5) is 0. The van der Waals surface area contributed by atoms with Gasteiger partial charge in [0.15, 0.2) is 0 Å². The van der Waals surface area contributed by atoms with Gasteiger partial charge in [-0.05, 0) is 31.9 Å². The molecule has 0 radical (unpaired) electrons. The molecule has 1 unspecified atom stereocenters. The minimum absolute atomic E-state index is 0.220. The van der Waals surface area contributed by atoms with E-state index in [1.807, 2.05) is 32.0 Å². The third kappa shape index (κ3) is 3.40. The summed E-state index contributed by atoms with van der Waals surface area (Å²) in [6.45, 7) is 3.99. The molecule has 0 saturated heterocycles. The van der Waals surface area contributed by atoms with Crippen molar-refractivity contribution in [1.82, 2.24) is 5.43 Å². The Morgan fingerprint density at radius 2 is 1.68 bits per heavy atom. The number of hydrazine groups is 1. The molecule has 1 atom stereocenters. The Morgan fingerprint density at radius 3 is 2.32 bits per heavy atom. The quantitative estimate of drug-likeness (QED) is 0.653. The van der Waals surface area contributed by atoms with Crippen LogP contribution in [0.25, 0.3) is 0 Å². The first kappa shape index (κ1) is 13.7. The van der Waals surface area contributed by atoms with Crippen LogP contribution in [0.1, 0.15) is 28.3 Å². The van der Waals surface area contributed by atoms with Crippen molar-refractivity contribution in [2.24, 2.45) is 5.84 Å². The predicted molar refractivity (Wildman–Crippen MR) is 76.1 cm³/mol. The van der Waals surface area contributed by atoms with Crippen molar-refractivity contribution >= 4 is 0 Å². The van der Waals surface area contributed by atoms with Crippen LogP contribution < -0.4 is 11.3 Å². The van der Waals surface area contributed by atoms with Gasteiger partial charge in [0.1, 0.15) is 5.82 Å². The first-order valence-corrected chi connectivity index (χ1v) is 6.38. The van der Waals surface area contributed by atoms with Crippen LogP contribution in [-0.2, 0) is 6.42 Å². The summed E-state index contributed by atoms with van der Waals surface area (Å²) in [6, 6.07) is 13.1. The molecule has 3 N–H and O–H groups in total. The fourth-order valence-electron chi connectivity index (χ4n) is 2.15. The Balaban J connectivity index is 2.24. The van der Waals surface area contributed by atoms with Crippen LogP contribution in [-0.4, -0.2) is 0 Å². The first-order chi connectivity index (χ1) is 9.10. The molecular formula is C16H19FN2.